The molecule has 3 aromatic rings. The Morgan fingerprint density at radius 3 is 2.37 bits per heavy atom. The zero-order valence-corrected chi connectivity index (χ0v) is 22.8. The average Bonchev–Trinajstić information content (AvgIpc) is 3.15. The number of hydrogen-bond donors (Lipinski definition) is 0. The molecule has 0 spiro atoms. The van der Waals surface area contributed by atoms with Crippen LogP contribution in [0.15, 0.2) is 54.6 Å². The maximum Gasteiger partial charge on any atom is 0.255 e. The lowest BCUT2D eigenvalue weighted by Gasteiger charge is -2.36. The third kappa shape index (κ3) is 6.15. The quantitative estimate of drug-likeness (QED) is 0.371. The molecule has 0 bridgehead atoms. The highest BCUT2D eigenvalue weighted by atomic mass is 35.5. The maximum absolute atomic E-state index is 13.2. The first kappa shape index (κ1) is 27.4. The topological polar surface area (TPSA) is 31.7 Å². The Labute approximate surface area is 224 Å². The van der Waals surface area contributed by atoms with Crippen LogP contribution in [-0.2, 0) is 7.05 Å². The van der Waals surface area contributed by atoms with E-state index in [0.29, 0.717) is 10.0 Å². The average molecular weight is 536 g/mol. The molecule has 1 fully saturated rings. The minimum atomic E-state index is 0. The van der Waals surface area contributed by atoms with E-state index < -0.39 is 0 Å². The number of carbonyl (C=O) groups excluding carboxylic acids is 1. The van der Waals surface area contributed by atoms with Gasteiger partial charge in [0.05, 0.1) is 21.3 Å². The van der Waals surface area contributed by atoms with E-state index in [2.05, 4.69) is 26.5 Å². The number of rotatable bonds is 7. The Balaban J connectivity index is 0.00000342. The van der Waals surface area contributed by atoms with Crippen LogP contribution in [0.3, 0.4) is 0 Å². The predicted octanol–water partition coefficient (Wildman–Crippen LogP) is 6.01. The van der Waals surface area contributed by atoms with Gasteiger partial charge >= 0.3 is 0 Å². The minimum Gasteiger partial charge on any atom is -0.368 e. The molecule has 2 heterocycles. The number of carbonyl (C=O) groups is 1. The number of amides is 1. The molecule has 8 heteroatoms. The second-order valence-electron chi connectivity index (χ2n) is 8.94. The summed E-state index contributed by atoms with van der Waals surface area (Å²) in [4.78, 5) is 19.8. The van der Waals surface area contributed by atoms with E-state index in [4.69, 9.17) is 23.2 Å². The third-order valence-electron chi connectivity index (χ3n) is 6.79. The lowest BCUT2D eigenvalue weighted by molar-refractivity contribution is 0.0787. The summed E-state index contributed by atoms with van der Waals surface area (Å²) in [5, 5.41) is 1.23. The van der Waals surface area contributed by atoms with Gasteiger partial charge in [0.15, 0.2) is 0 Å². The molecule has 0 N–H and O–H groups in total. The van der Waals surface area contributed by atoms with E-state index >= 15 is 0 Å². The zero-order chi connectivity index (χ0) is 24.2. The van der Waals surface area contributed by atoms with Gasteiger partial charge in [0.2, 0.25) is 0 Å². The van der Waals surface area contributed by atoms with Crippen LogP contribution < -0.4 is 4.90 Å². The summed E-state index contributed by atoms with van der Waals surface area (Å²) in [5.74, 6) is 0.0794. The predicted molar refractivity (Wildman–Crippen MR) is 150 cm³/mol. The van der Waals surface area contributed by atoms with Crippen LogP contribution in [0.2, 0.25) is 10.0 Å². The van der Waals surface area contributed by atoms with Crippen molar-refractivity contribution < 1.29 is 4.79 Å². The minimum absolute atomic E-state index is 0. The highest BCUT2D eigenvalue weighted by Gasteiger charge is 2.22. The lowest BCUT2D eigenvalue weighted by atomic mass is 10.1. The van der Waals surface area contributed by atoms with Crippen LogP contribution in [0, 0.1) is 6.92 Å². The second kappa shape index (κ2) is 12.2. The fourth-order valence-electron chi connectivity index (χ4n) is 4.59. The van der Waals surface area contributed by atoms with Gasteiger partial charge in [-0.15, -0.1) is 12.4 Å². The summed E-state index contributed by atoms with van der Waals surface area (Å²) in [6.07, 6.45) is 0.942. The standard InChI is InChI=1S/C27H32Cl2N4O.ClH/c1-20-22(19-25(31(20)3)21-9-5-4-6-10-21)27(34)30(2)13-8-14-32-15-17-33(18-16-32)24-12-7-11-23(28)26(24)29;/h4-7,9-12,19H,8,13-18H2,1-3H3;1H. The molecule has 0 saturated carbocycles. The van der Waals surface area contributed by atoms with Crippen molar-refractivity contribution in [2.24, 2.45) is 7.05 Å². The first-order valence-electron chi connectivity index (χ1n) is 11.8. The molecular formula is C27H33Cl3N4O. The van der Waals surface area contributed by atoms with Gasteiger partial charge in [-0.2, -0.15) is 0 Å². The van der Waals surface area contributed by atoms with Crippen molar-refractivity contribution in [1.82, 2.24) is 14.4 Å². The molecule has 2 aromatic carbocycles. The number of halogens is 3. The van der Waals surface area contributed by atoms with E-state index in [1.54, 1.807) is 0 Å². The highest BCUT2D eigenvalue weighted by molar-refractivity contribution is 6.43. The first-order valence-corrected chi connectivity index (χ1v) is 12.5. The molecular weight excluding hydrogens is 503 g/mol. The van der Waals surface area contributed by atoms with Crippen molar-refractivity contribution in [3.63, 3.8) is 0 Å². The van der Waals surface area contributed by atoms with E-state index in [-0.39, 0.29) is 18.3 Å². The third-order valence-corrected chi connectivity index (χ3v) is 7.60. The molecule has 0 aliphatic carbocycles. The van der Waals surface area contributed by atoms with Crippen molar-refractivity contribution in [1.29, 1.82) is 0 Å². The molecule has 0 atom stereocenters. The van der Waals surface area contributed by atoms with Gasteiger partial charge in [-0.25, -0.2) is 0 Å². The van der Waals surface area contributed by atoms with Crippen LogP contribution in [0.1, 0.15) is 22.5 Å². The highest BCUT2D eigenvalue weighted by Crippen LogP contribution is 2.33. The summed E-state index contributed by atoms with van der Waals surface area (Å²) >= 11 is 12.6. The molecule has 188 valence electrons. The van der Waals surface area contributed by atoms with Gasteiger partial charge in [0, 0.05) is 58.2 Å². The number of nitrogens with zero attached hydrogens (tertiary/aromatic N) is 4. The number of benzene rings is 2. The summed E-state index contributed by atoms with van der Waals surface area (Å²) in [6.45, 7) is 7.49. The summed E-state index contributed by atoms with van der Waals surface area (Å²) in [7, 11) is 3.92. The molecule has 4 rings (SSSR count). The van der Waals surface area contributed by atoms with Gasteiger partial charge in [-0.1, -0.05) is 59.6 Å². The van der Waals surface area contributed by atoms with Gasteiger partial charge in [-0.05, 0) is 43.7 Å². The summed E-state index contributed by atoms with van der Waals surface area (Å²) in [6, 6.07) is 18.0. The van der Waals surface area contributed by atoms with Crippen molar-refractivity contribution in [3.05, 3.63) is 75.9 Å². The fraction of sp³-hybridized carbons (Fsp3) is 0.370. The Bertz CT molecular complexity index is 1140. The first-order chi connectivity index (χ1) is 16.4. The van der Waals surface area contributed by atoms with Crippen molar-refractivity contribution in [2.75, 3.05) is 51.2 Å². The Hall–Kier alpha value is -2.18. The van der Waals surface area contributed by atoms with Crippen LogP contribution in [0.4, 0.5) is 5.69 Å². The van der Waals surface area contributed by atoms with Crippen LogP contribution in [0.25, 0.3) is 11.3 Å². The smallest absolute Gasteiger partial charge is 0.255 e. The van der Waals surface area contributed by atoms with Crippen molar-refractivity contribution >= 4 is 47.2 Å². The Kier molecular flexibility index (Phi) is 9.54. The monoisotopic (exact) mass is 534 g/mol. The normalized spacial score (nSPS) is 14.0. The molecule has 1 aromatic heterocycles. The molecule has 1 aliphatic rings. The number of aromatic nitrogens is 1. The maximum atomic E-state index is 13.2. The molecule has 0 unspecified atom stereocenters. The molecule has 1 saturated heterocycles. The lowest BCUT2D eigenvalue weighted by Crippen LogP contribution is -2.47. The molecule has 0 radical (unpaired) electrons. The second-order valence-corrected chi connectivity index (χ2v) is 9.72. The van der Waals surface area contributed by atoms with Crippen molar-refractivity contribution in [2.45, 2.75) is 13.3 Å². The van der Waals surface area contributed by atoms with Gasteiger partial charge in [0.1, 0.15) is 0 Å². The SMILES string of the molecule is Cc1c(C(=O)N(C)CCCN2CCN(c3cccc(Cl)c3Cl)CC2)cc(-c2ccccc2)n1C.Cl. The molecule has 1 amide bonds. The number of piperazine rings is 1. The van der Waals surface area contributed by atoms with Gasteiger partial charge in [0.25, 0.3) is 5.91 Å². The van der Waals surface area contributed by atoms with E-state index in [1.165, 1.54) is 0 Å². The van der Waals surface area contributed by atoms with Crippen LogP contribution in [-0.4, -0.2) is 66.6 Å². The largest absolute Gasteiger partial charge is 0.368 e. The number of hydrogen-bond acceptors (Lipinski definition) is 3. The summed E-state index contributed by atoms with van der Waals surface area (Å²) in [5.41, 5.74) is 4.95. The van der Waals surface area contributed by atoms with E-state index in [9.17, 15) is 4.79 Å². The summed E-state index contributed by atoms with van der Waals surface area (Å²) < 4.78 is 2.10. The number of anilines is 1. The van der Waals surface area contributed by atoms with Crippen LogP contribution >= 0.6 is 35.6 Å². The Morgan fingerprint density at radius 2 is 1.69 bits per heavy atom. The van der Waals surface area contributed by atoms with Gasteiger partial charge < -0.3 is 14.4 Å². The Morgan fingerprint density at radius 1 is 1.00 bits per heavy atom. The molecule has 1 aliphatic heterocycles. The molecule has 35 heavy (non-hydrogen) atoms. The van der Waals surface area contributed by atoms with E-state index in [1.807, 2.05) is 68.4 Å². The van der Waals surface area contributed by atoms with Gasteiger partial charge in [-0.3, -0.25) is 9.69 Å². The van der Waals surface area contributed by atoms with Crippen molar-refractivity contribution in [3.8, 4) is 11.3 Å². The molecule has 5 nitrogen and oxygen atoms in total. The zero-order valence-electron chi connectivity index (χ0n) is 20.5. The van der Waals surface area contributed by atoms with E-state index in [0.717, 1.165) is 73.9 Å². The van der Waals surface area contributed by atoms with Crippen LogP contribution in [0.5, 0.6) is 0 Å². The fourth-order valence-corrected chi connectivity index (χ4v) is 5.00.